The monoisotopic (exact) mass is 327 g/mol. The van der Waals surface area contributed by atoms with Crippen molar-refractivity contribution in [1.82, 2.24) is 4.90 Å². The summed E-state index contributed by atoms with van der Waals surface area (Å²) in [5, 5.41) is 21.3. The molecule has 0 heterocycles. The number of amides is 1. The number of benzene rings is 2. The van der Waals surface area contributed by atoms with E-state index in [2.05, 4.69) is 30.3 Å². The van der Waals surface area contributed by atoms with Gasteiger partial charge in [-0.25, -0.2) is 0 Å². The Morgan fingerprint density at radius 3 is 2.54 bits per heavy atom. The van der Waals surface area contributed by atoms with E-state index < -0.39 is 5.41 Å². The van der Waals surface area contributed by atoms with E-state index in [-0.39, 0.29) is 31.0 Å². The molecule has 2 N–H and O–H groups in total. The highest BCUT2D eigenvalue weighted by Gasteiger charge is 2.46. The summed E-state index contributed by atoms with van der Waals surface area (Å²) in [5.41, 5.74) is 0.584. The Hall–Kier alpha value is -1.91. The third-order valence-corrected chi connectivity index (χ3v) is 5.09. The van der Waals surface area contributed by atoms with Crippen molar-refractivity contribution in [1.29, 1.82) is 0 Å². The van der Waals surface area contributed by atoms with E-state index in [0.717, 1.165) is 6.42 Å². The summed E-state index contributed by atoms with van der Waals surface area (Å²) in [4.78, 5) is 14.4. The first-order chi connectivity index (χ1) is 11.5. The molecule has 2 aromatic carbocycles. The van der Waals surface area contributed by atoms with E-state index in [1.807, 2.05) is 12.1 Å². The molecule has 1 aliphatic carbocycles. The van der Waals surface area contributed by atoms with Crippen LogP contribution >= 0.6 is 0 Å². The molecule has 2 aromatic rings. The lowest BCUT2D eigenvalue weighted by Crippen LogP contribution is -2.42. The van der Waals surface area contributed by atoms with E-state index in [4.69, 9.17) is 0 Å². The van der Waals surface area contributed by atoms with Crippen molar-refractivity contribution in [2.45, 2.75) is 19.3 Å². The fourth-order valence-electron chi connectivity index (χ4n) is 3.47. The summed E-state index contributed by atoms with van der Waals surface area (Å²) in [6.45, 7) is 1.86. The van der Waals surface area contributed by atoms with Crippen molar-refractivity contribution >= 4 is 16.7 Å². The smallest absolute Gasteiger partial charge is 0.226 e. The molecular formula is C20H25NO3. The Labute approximate surface area is 142 Å². The van der Waals surface area contributed by atoms with Gasteiger partial charge >= 0.3 is 0 Å². The topological polar surface area (TPSA) is 60.8 Å². The minimum atomic E-state index is -0.658. The first-order valence-electron chi connectivity index (χ1n) is 8.43. The van der Waals surface area contributed by atoms with Gasteiger partial charge in [0, 0.05) is 24.9 Å². The lowest BCUT2D eigenvalue weighted by Gasteiger charge is -2.30. The highest BCUT2D eigenvalue weighted by atomic mass is 16.3. The Kier molecular flexibility index (Phi) is 4.61. The Morgan fingerprint density at radius 1 is 1.17 bits per heavy atom. The molecule has 24 heavy (non-hydrogen) atoms. The molecule has 0 aliphatic heterocycles. The van der Waals surface area contributed by atoms with Crippen molar-refractivity contribution in [3.8, 4) is 0 Å². The van der Waals surface area contributed by atoms with Crippen LogP contribution in [-0.2, 0) is 4.79 Å². The fraction of sp³-hybridized carbons (Fsp3) is 0.450. The number of aliphatic hydroxyl groups excluding tert-OH is 2. The van der Waals surface area contributed by atoms with Gasteiger partial charge in [-0.1, -0.05) is 49.4 Å². The van der Waals surface area contributed by atoms with E-state index in [0.29, 0.717) is 6.54 Å². The van der Waals surface area contributed by atoms with Crippen LogP contribution in [0, 0.1) is 11.3 Å². The summed E-state index contributed by atoms with van der Waals surface area (Å²) in [6.07, 6.45) is 0.867. The Morgan fingerprint density at radius 2 is 1.83 bits per heavy atom. The zero-order valence-electron chi connectivity index (χ0n) is 14.3. The molecule has 2 unspecified atom stereocenters. The standard InChI is InChI=1S/C20H25NO3/c1-20(12-22,13-23)11-21(2)19(24)18-10-17(18)16-9-5-7-14-6-3-4-8-15(14)16/h3-9,17-18,22-23H,10-13H2,1-2H3. The van der Waals surface area contributed by atoms with Crippen LogP contribution in [0.1, 0.15) is 24.8 Å². The maximum absolute atomic E-state index is 12.7. The maximum Gasteiger partial charge on any atom is 0.226 e. The zero-order chi connectivity index (χ0) is 17.3. The highest BCUT2D eigenvalue weighted by Crippen LogP contribution is 2.50. The van der Waals surface area contributed by atoms with Gasteiger partial charge in [0.05, 0.1) is 13.2 Å². The predicted molar refractivity (Wildman–Crippen MR) is 94.7 cm³/mol. The molecule has 2 atom stereocenters. The zero-order valence-corrected chi connectivity index (χ0v) is 14.3. The molecule has 1 saturated carbocycles. The molecule has 3 rings (SSSR count). The van der Waals surface area contributed by atoms with E-state index in [1.54, 1.807) is 18.9 Å². The third-order valence-electron chi connectivity index (χ3n) is 5.09. The molecule has 0 radical (unpaired) electrons. The molecular weight excluding hydrogens is 302 g/mol. The predicted octanol–water partition coefficient (Wildman–Crippen LogP) is 2.39. The van der Waals surface area contributed by atoms with E-state index >= 15 is 0 Å². The number of fused-ring (bicyclic) bond motifs is 1. The molecule has 0 saturated heterocycles. The van der Waals surface area contributed by atoms with Gasteiger partial charge in [0.1, 0.15) is 0 Å². The molecule has 1 aliphatic rings. The molecule has 0 spiro atoms. The molecule has 128 valence electrons. The second kappa shape index (κ2) is 6.54. The summed E-state index contributed by atoms with van der Waals surface area (Å²) in [5.74, 6) is 0.365. The number of rotatable bonds is 6. The molecule has 4 nitrogen and oxygen atoms in total. The average molecular weight is 327 g/mol. The average Bonchev–Trinajstić information content (AvgIpc) is 3.40. The van der Waals surface area contributed by atoms with Crippen LogP contribution in [0.2, 0.25) is 0 Å². The second-order valence-corrected chi connectivity index (χ2v) is 7.34. The van der Waals surface area contributed by atoms with Gasteiger partial charge in [-0.3, -0.25) is 4.79 Å². The normalized spacial score (nSPS) is 20.2. The van der Waals surface area contributed by atoms with E-state index in [1.165, 1.54) is 16.3 Å². The van der Waals surface area contributed by atoms with Crippen LogP contribution < -0.4 is 0 Å². The molecule has 0 bridgehead atoms. The van der Waals surface area contributed by atoms with E-state index in [9.17, 15) is 15.0 Å². The number of carbonyl (C=O) groups is 1. The van der Waals surface area contributed by atoms with Gasteiger partial charge in [-0.2, -0.15) is 0 Å². The summed E-state index contributed by atoms with van der Waals surface area (Å²) in [6, 6.07) is 14.5. The van der Waals surface area contributed by atoms with Crippen LogP contribution in [0.25, 0.3) is 10.8 Å². The molecule has 1 amide bonds. The SMILES string of the molecule is CN(CC(C)(CO)CO)C(=O)C1CC1c1cccc2ccccc12. The van der Waals surface area contributed by atoms with Gasteiger partial charge in [-0.05, 0) is 28.7 Å². The van der Waals surface area contributed by atoms with Gasteiger partial charge in [-0.15, -0.1) is 0 Å². The fourth-order valence-corrected chi connectivity index (χ4v) is 3.47. The molecule has 0 aromatic heterocycles. The Balaban J connectivity index is 1.73. The molecule has 4 heteroatoms. The first kappa shape index (κ1) is 16.9. The van der Waals surface area contributed by atoms with Crippen molar-refractivity contribution < 1.29 is 15.0 Å². The van der Waals surface area contributed by atoms with Crippen LogP contribution in [0.15, 0.2) is 42.5 Å². The summed E-state index contributed by atoms with van der Waals surface area (Å²) < 4.78 is 0. The van der Waals surface area contributed by atoms with Crippen LogP contribution in [0.4, 0.5) is 0 Å². The number of hydrogen-bond donors (Lipinski definition) is 2. The maximum atomic E-state index is 12.7. The largest absolute Gasteiger partial charge is 0.396 e. The highest BCUT2D eigenvalue weighted by molar-refractivity contribution is 5.89. The van der Waals surface area contributed by atoms with Crippen LogP contribution in [-0.4, -0.2) is 47.8 Å². The van der Waals surface area contributed by atoms with Gasteiger partial charge in [0.25, 0.3) is 0 Å². The van der Waals surface area contributed by atoms with Gasteiger partial charge in [0.2, 0.25) is 5.91 Å². The van der Waals surface area contributed by atoms with Gasteiger partial charge in [0.15, 0.2) is 0 Å². The number of nitrogens with zero attached hydrogens (tertiary/aromatic N) is 1. The number of aliphatic hydroxyl groups is 2. The van der Waals surface area contributed by atoms with Crippen molar-refractivity contribution in [2.24, 2.45) is 11.3 Å². The van der Waals surface area contributed by atoms with Crippen molar-refractivity contribution in [3.05, 3.63) is 48.0 Å². The van der Waals surface area contributed by atoms with Crippen LogP contribution in [0.5, 0.6) is 0 Å². The third kappa shape index (κ3) is 3.17. The van der Waals surface area contributed by atoms with Crippen LogP contribution in [0.3, 0.4) is 0 Å². The quantitative estimate of drug-likeness (QED) is 0.856. The number of hydrogen-bond acceptors (Lipinski definition) is 3. The first-order valence-corrected chi connectivity index (χ1v) is 8.43. The van der Waals surface area contributed by atoms with Gasteiger partial charge < -0.3 is 15.1 Å². The second-order valence-electron chi connectivity index (χ2n) is 7.34. The minimum Gasteiger partial charge on any atom is -0.396 e. The summed E-state index contributed by atoms with van der Waals surface area (Å²) in [7, 11) is 1.75. The minimum absolute atomic E-state index is 0.00226. The molecule has 1 fully saturated rings. The summed E-state index contributed by atoms with van der Waals surface area (Å²) >= 11 is 0. The van der Waals surface area contributed by atoms with Crippen molar-refractivity contribution in [2.75, 3.05) is 26.8 Å². The number of carbonyl (C=O) groups excluding carboxylic acids is 1. The lowest BCUT2D eigenvalue weighted by molar-refractivity contribution is -0.133. The lowest BCUT2D eigenvalue weighted by atomic mass is 9.92. The van der Waals surface area contributed by atoms with Crippen molar-refractivity contribution in [3.63, 3.8) is 0 Å². The Bertz CT molecular complexity index is 733.